The quantitative estimate of drug-likeness (QED) is 0.151. The first-order chi connectivity index (χ1) is 15.6. The van der Waals surface area contributed by atoms with Crippen LogP contribution >= 0.6 is 23.1 Å². The van der Waals surface area contributed by atoms with E-state index in [-0.39, 0.29) is 23.9 Å². The second kappa shape index (κ2) is 9.97. The van der Waals surface area contributed by atoms with Crippen molar-refractivity contribution in [1.29, 1.82) is 0 Å². The van der Waals surface area contributed by atoms with Gasteiger partial charge in [0.15, 0.2) is 5.16 Å². The maximum atomic E-state index is 13.4. The summed E-state index contributed by atoms with van der Waals surface area (Å²) in [5, 5.41) is 3.04. The maximum Gasteiger partial charge on any atom is 0.316 e. The molecule has 0 aliphatic carbocycles. The molecule has 162 valence electrons. The largest absolute Gasteiger partial charge is 0.460 e. The summed E-state index contributed by atoms with van der Waals surface area (Å²) in [4.78, 5) is 31.0. The van der Waals surface area contributed by atoms with Gasteiger partial charge in [0.25, 0.3) is 5.56 Å². The molecule has 2 heterocycles. The third kappa shape index (κ3) is 4.84. The predicted molar refractivity (Wildman–Crippen MR) is 131 cm³/mol. The molecule has 5 nitrogen and oxygen atoms in total. The highest BCUT2D eigenvalue weighted by Crippen LogP contribution is 2.32. The summed E-state index contributed by atoms with van der Waals surface area (Å²) in [5.74, 6) is -0.289. The number of benzene rings is 2. The van der Waals surface area contributed by atoms with Crippen LogP contribution in [0.5, 0.6) is 0 Å². The molecule has 32 heavy (non-hydrogen) atoms. The molecule has 0 unspecified atom stereocenters. The van der Waals surface area contributed by atoms with Gasteiger partial charge in [0.2, 0.25) is 0 Å². The van der Waals surface area contributed by atoms with Gasteiger partial charge in [0, 0.05) is 17.5 Å². The van der Waals surface area contributed by atoms with Crippen molar-refractivity contribution in [2.24, 2.45) is 0 Å². The number of thiophene rings is 1. The van der Waals surface area contributed by atoms with Crippen LogP contribution in [0.2, 0.25) is 0 Å². The maximum absolute atomic E-state index is 13.4. The Morgan fingerprint density at radius 1 is 1.19 bits per heavy atom. The van der Waals surface area contributed by atoms with Gasteiger partial charge in [-0.1, -0.05) is 78.0 Å². The first-order valence-corrected chi connectivity index (χ1v) is 12.0. The lowest BCUT2D eigenvalue weighted by molar-refractivity contribution is -0.141. The predicted octanol–water partition coefficient (Wildman–Crippen LogP) is 5.45. The topological polar surface area (TPSA) is 61.2 Å². The minimum Gasteiger partial charge on any atom is -0.460 e. The van der Waals surface area contributed by atoms with Crippen LogP contribution < -0.4 is 5.56 Å². The molecule has 0 N–H and O–H groups in total. The molecule has 0 atom stereocenters. The number of rotatable bonds is 8. The van der Waals surface area contributed by atoms with Crippen LogP contribution in [0.15, 0.2) is 82.6 Å². The molecular formula is C25H22N2O3S2. The van der Waals surface area contributed by atoms with Crippen molar-refractivity contribution in [2.45, 2.75) is 25.2 Å². The SMILES string of the molecule is C=CCn1c(SCC(=O)OCc2ccccc2)nc2scc(-c3ccc(C)cc3)c2c1=O. The number of aromatic nitrogens is 2. The molecular weight excluding hydrogens is 440 g/mol. The van der Waals surface area contributed by atoms with Gasteiger partial charge in [-0.25, -0.2) is 4.98 Å². The average Bonchev–Trinajstić information content (AvgIpc) is 3.24. The molecule has 7 heteroatoms. The van der Waals surface area contributed by atoms with Crippen LogP contribution in [-0.4, -0.2) is 21.3 Å². The second-order valence-corrected chi connectivity index (χ2v) is 9.03. The highest BCUT2D eigenvalue weighted by atomic mass is 32.2. The zero-order valence-corrected chi connectivity index (χ0v) is 19.2. The van der Waals surface area contributed by atoms with Gasteiger partial charge in [-0.05, 0) is 18.1 Å². The summed E-state index contributed by atoms with van der Waals surface area (Å²) in [5.41, 5.74) is 3.81. The Morgan fingerprint density at radius 3 is 2.66 bits per heavy atom. The van der Waals surface area contributed by atoms with E-state index in [0.29, 0.717) is 21.9 Å². The molecule has 2 aromatic heterocycles. The zero-order chi connectivity index (χ0) is 22.5. The number of aryl methyl sites for hydroxylation is 1. The highest BCUT2D eigenvalue weighted by Gasteiger charge is 2.18. The smallest absolute Gasteiger partial charge is 0.316 e. The van der Waals surface area contributed by atoms with Crippen molar-refractivity contribution in [1.82, 2.24) is 9.55 Å². The number of nitrogens with zero attached hydrogens (tertiary/aromatic N) is 2. The number of hydrogen-bond donors (Lipinski definition) is 0. The van der Waals surface area contributed by atoms with Crippen LogP contribution in [0, 0.1) is 6.92 Å². The van der Waals surface area contributed by atoms with E-state index in [1.807, 2.05) is 66.9 Å². The molecule has 0 fully saturated rings. The summed E-state index contributed by atoms with van der Waals surface area (Å²) in [7, 11) is 0. The Kier molecular flexibility index (Phi) is 6.87. The van der Waals surface area contributed by atoms with Gasteiger partial charge in [-0.3, -0.25) is 14.2 Å². The normalized spacial score (nSPS) is 10.9. The third-order valence-electron chi connectivity index (χ3n) is 4.89. The molecule has 0 saturated heterocycles. The van der Waals surface area contributed by atoms with E-state index in [9.17, 15) is 9.59 Å². The first kappa shape index (κ1) is 22.0. The number of fused-ring (bicyclic) bond motifs is 1. The molecule has 0 spiro atoms. The monoisotopic (exact) mass is 462 g/mol. The lowest BCUT2D eigenvalue weighted by Gasteiger charge is -2.11. The molecule has 0 amide bonds. The van der Waals surface area contributed by atoms with Crippen LogP contribution in [0.1, 0.15) is 11.1 Å². The molecule has 0 aliphatic heterocycles. The van der Waals surface area contributed by atoms with E-state index in [1.54, 1.807) is 10.6 Å². The molecule has 0 saturated carbocycles. The summed E-state index contributed by atoms with van der Waals surface area (Å²) in [6.07, 6.45) is 1.66. The minimum absolute atomic E-state index is 0.0676. The van der Waals surface area contributed by atoms with Gasteiger partial charge in [0.1, 0.15) is 11.4 Å². The van der Waals surface area contributed by atoms with Crippen molar-refractivity contribution >= 4 is 39.3 Å². The minimum atomic E-state index is -0.357. The standard InChI is InChI=1S/C25H22N2O3S2/c1-3-13-27-24(29)22-20(19-11-9-17(2)10-12-19)15-31-23(22)26-25(27)32-16-21(28)30-14-18-7-5-4-6-8-18/h3-12,15H,1,13-14,16H2,2H3. The first-order valence-electron chi connectivity index (χ1n) is 10.1. The Bertz CT molecular complexity index is 1310. The fraction of sp³-hybridized carbons (Fsp3) is 0.160. The van der Waals surface area contributed by atoms with Gasteiger partial charge in [-0.2, -0.15) is 0 Å². The van der Waals surface area contributed by atoms with Crippen LogP contribution in [0.3, 0.4) is 0 Å². The van der Waals surface area contributed by atoms with Crippen molar-refractivity contribution < 1.29 is 9.53 Å². The fourth-order valence-electron chi connectivity index (χ4n) is 3.25. The van der Waals surface area contributed by atoms with E-state index >= 15 is 0 Å². The number of allylic oxidation sites excluding steroid dienone is 1. The van der Waals surface area contributed by atoms with E-state index < -0.39 is 0 Å². The van der Waals surface area contributed by atoms with Crippen molar-refractivity contribution in [3.63, 3.8) is 0 Å². The van der Waals surface area contributed by atoms with Crippen molar-refractivity contribution in [3.8, 4) is 11.1 Å². The van der Waals surface area contributed by atoms with E-state index in [4.69, 9.17) is 9.72 Å². The fourth-order valence-corrected chi connectivity index (χ4v) is 5.05. The molecule has 0 radical (unpaired) electrons. The van der Waals surface area contributed by atoms with Gasteiger partial charge in [0.05, 0.1) is 11.1 Å². The molecule has 4 rings (SSSR count). The number of hydrogen-bond acceptors (Lipinski definition) is 6. The van der Waals surface area contributed by atoms with E-state index in [2.05, 4.69) is 6.58 Å². The van der Waals surface area contributed by atoms with Crippen LogP contribution in [0.4, 0.5) is 0 Å². The zero-order valence-electron chi connectivity index (χ0n) is 17.6. The highest BCUT2D eigenvalue weighted by molar-refractivity contribution is 7.99. The number of carbonyl (C=O) groups is 1. The number of thioether (sulfide) groups is 1. The number of ether oxygens (including phenoxy) is 1. The average molecular weight is 463 g/mol. The van der Waals surface area contributed by atoms with Gasteiger partial charge < -0.3 is 4.74 Å². The summed E-state index contributed by atoms with van der Waals surface area (Å²) >= 11 is 2.63. The van der Waals surface area contributed by atoms with E-state index in [1.165, 1.54) is 23.1 Å². The second-order valence-electron chi connectivity index (χ2n) is 7.23. The van der Waals surface area contributed by atoms with Crippen LogP contribution in [-0.2, 0) is 22.7 Å². The Hall–Kier alpha value is -3.16. The summed E-state index contributed by atoms with van der Waals surface area (Å²) < 4.78 is 6.91. The summed E-state index contributed by atoms with van der Waals surface area (Å²) in [6.45, 7) is 6.33. The summed E-state index contributed by atoms with van der Waals surface area (Å²) in [6, 6.07) is 17.6. The number of esters is 1. The lowest BCUT2D eigenvalue weighted by Crippen LogP contribution is -2.23. The van der Waals surface area contributed by atoms with E-state index in [0.717, 1.165) is 22.3 Å². The lowest BCUT2D eigenvalue weighted by atomic mass is 10.1. The molecule has 2 aromatic carbocycles. The molecule has 0 bridgehead atoms. The Morgan fingerprint density at radius 2 is 1.94 bits per heavy atom. The Balaban J connectivity index is 1.58. The van der Waals surface area contributed by atoms with Crippen molar-refractivity contribution in [3.05, 3.63) is 94.1 Å². The molecule has 0 aliphatic rings. The van der Waals surface area contributed by atoms with Crippen LogP contribution in [0.25, 0.3) is 21.3 Å². The van der Waals surface area contributed by atoms with Crippen molar-refractivity contribution in [2.75, 3.05) is 5.75 Å². The third-order valence-corrected chi connectivity index (χ3v) is 6.72. The molecule has 4 aromatic rings. The van der Waals surface area contributed by atoms with Gasteiger partial charge >= 0.3 is 5.97 Å². The number of carbonyl (C=O) groups excluding carboxylic acids is 1. The van der Waals surface area contributed by atoms with Gasteiger partial charge in [-0.15, -0.1) is 17.9 Å². The Labute approximate surface area is 194 Å².